The monoisotopic (exact) mass is 534 g/mol. The number of nitrogens with one attached hydrogen (secondary N) is 1. The van der Waals surface area contributed by atoms with E-state index in [0.29, 0.717) is 41.5 Å². The van der Waals surface area contributed by atoms with Gasteiger partial charge in [0.15, 0.2) is 17.1 Å². The summed E-state index contributed by atoms with van der Waals surface area (Å²) in [5.41, 5.74) is 2.76. The first-order valence-electron chi connectivity index (χ1n) is 13.8. The summed E-state index contributed by atoms with van der Waals surface area (Å²) in [7, 11) is 0. The fourth-order valence-corrected chi connectivity index (χ4v) is 5.49. The summed E-state index contributed by atoms with van der Waals surface area (Å²) in [6.45, 7) is 13.6. The molecule has 2 aliphatic heterocycles. The number of nitrogens with zero attached hydrogens (tertiary/aromatic N) is 3. The van der Waals surface area contributed by atoms with E-state index in [-0.39, 0.29) is 17.6 Å². The third kappa shape index (κ3) is 5.73. The molecule has 0 bridgehead atoms. The number of carbonyl (C=O) groups is 2. The minimum atomic E-state index is -0.552. The maximum Gasteiger partial charge on any atom is 0.342 e. The number of hydrogen-bond donors (Lipinski definition) is 1. The maximum atomic E-state index is 13.7. The van der Waals surface area contributed by atoms with Gasteiger partial charge < -0.3 is 23.8 Å². The van der Waals surface area contributed by atoms with Crippen molar-refractivity contribution in [3.05, 3.63) is 53.2 Å². The Kier molecular flexibility index (Phi) is 7.53. The van der Waals surface area contributed by atoms with E-state index in [1.54, 1.807) is 44.0 Å². The van der Waals surface area contributed by atoms with Gasteiger partial charge in [-0.2, -0.15) is 4.98 Å². The number of hydrogen-bond acceptors (Lipinski definition) is 7. The van der Waals surface area contributed by atoms with E-state index >= 15 is 0 Å². The summed E-state index contributed by atoms with van der Waals surface area (Å²) in [4.78, 5) is 38.7. The van der Waals surface area contributed by atoms with E-state index in [2.05, 4.69) is 14.9 Å². The second kappa shape index (κ2) is 10.9. The molecule has 0 spiro atoms. The van der Waals surface area contributed by atoms with Crippen LogP contribution < -0.4 is 4.74 Å². The molecule has 0 aliphatic carbocycles. The van der Waals surface area contributed by atoms with Crippen LogP contribution in [0.15, 0.2) is 34.9 Å². The van der Waals surface area contributed by atoms with Crippen LogP contribution in [0.1, 0.15) is 74.5 Å². The molecule has 1 amide bonds. The topological polar surface area (TPSA) is 101 Å². The number of ether oxygens (including phenoxy) is 2. The van der Waals surface area contributed by atoms with Crippen molar-refractivity contribution in [2.75, 3.05) is 32.8 Å². The number of amides is 1. The molecule has 1 saturated heterocycles. The molecule has 39 heavy (non-hydrogen) atoms. The van der Waals surface area contributed by atoms with E-state index in [9.17, 15) is 9.59 Å². The van der Waals surface area contributed by atoms with Crippen molar-refractivity contribution in [1.82, 2.24) is 19.8 Å². The number of piperidine rings is 1. The van der Waals surface area contributed by atoms with Crippen LogP contribution in [0.4, 0.5) is 0 Å². The average Bonchev–Trinajstić information content (AvgIpc) is 3.38. The molecule has 9 heteroatoms. The zero-order chi connectivity index (χ0) is 27.7. The van der Waals surface area contributed by atoms with Crippen LogP contribution in [0.25, 0.3) is 16.8 Å². The van der Waals surface area contributed by atoms with Crippen LogP contribution in [0.3, 0.4) is 0 Å². The quantitative estimate of drug-likeness (QED) is 0.423. The zero-order valence-corrected chi connectivity index (χ0v) is 23.5. The first kappa shape index (κ1) is 27.0. The molecule has 5 rings (SSSR count). The lowest BCUT2D eigenvalue weighted by Gasteiger charge is -2.29. The Morgan fingerprint density at radius 1 is 1.13 bits per heavy atom. The van der Waals surface area contributed by atoms with E-state index in [1.165, 1.54) is 19.3 Å². The van der Waals surface area contributed by atoms with E-state index in [0.717, 1.165) is 30.9 Å². The smallest absolute Gasteiger partial charge is 0.342 e. The predicted octanol–water partition coefficient (Wildman–Crippen LogP) is 5.06. The number of esters is 1. The molecule has 0 atom stereocenters. The molecule has 1 aromatic carbocycles. The molecule has 1 fully saturated rings. The molecule has 4 heterocycles. The van der Waals surface area contributed by atoms with E-state index in [1.807, 2.05) is 26.0 Å². The third-order valence-electron chi connectivity index (χ3n) is 7.30. The predicted molar refractivity (Wildman–Crippen MR) is 149 cm³/mol. The van der Waals surface area contributed by atoms with Gasteiger partial charge in [0.2, 0.25) is 0 Å². The van der Waals surface area contributed by atoms with Crippen molar-refractivity contribution in [2.24, 2.45) is 0 Å². The van der Waals surface area contributed by atoms with Gasteiger partial charge in [0, 0.05) is 42.8 Å². The lowest BCUT2D eigenvalue weighted by Crippen LogP contribution is -2.36. The standard InChI is InChI=1S/C30H38N4O5/c1-19(2)38-29(36)23-17-34(18-30(4,5)24-25(23)32-27-26(24)39-20(3)31-27)28(35)21-9-11-22(12-10-21)37-16-15-33-13-7-6-8-14-33/h9-12,17,19,32H,6-8,13-16,18H2,1-5H3. The molecule has 2 aromatic heterocycles. The van der Waals surface area contributed by atoms with Crippen molar-refractivity contribution >= 4 is 28.7 Å². The van der Waals surface area contributed by atoms with Gasteiger partial charge in [-0.25, -0.2) is 4.79 Å². The summed E-state index contributed by atoms with van der Waals surface area (Å²) in [6, 6.07) is 7.20. The number of rotatable bonds is 7. The van der Waals surface area contributed by atoms with Crippen molar-refractivity contribution in [2.45, 2.75) is 65.4 Å². The van der Waals surface area contributed by atoms with Crippen molar-refractivity contribution < 1.29 is 23.5 Å². The van der Waals surface area contributed by atoms with Crippen LogP contribution in [-0.4, -0.2) is 70.5 Å². The molecular formula is C30H38N4O5. The van der Waals surface area contributed by atoms with Gasteiger partial charge in [-0.15, -0.1) is 0 Å². The molecular weight excluding hydrogens is 496 g/mol. The number of aromatic amines is 1. The number of aryl methyl sites for hydroxylation is 1. The van der Waals surface area contributed by atoms with E-state index < -0.39 is 11.4 Å². The molecule has 9 nitrogen and oxygen atoms in total. The Balaban J connectivity index is 1.39. The Hall–Kier alpha value is -3.59. The number of likely N-dealkylation sites (tertiary alicyclic amines) is 1. The van der Waals surface area contributed by atoms with Crippen molar-refractivity contribution in [3.63, 3.8) is 0 Å². The van der Waals surface area contributed by atoms with E-state index in [4.69, 9.17) is 13.9 Å². The highest BCUT2D eigenvalue weighted by Gasteiger charge is 2.39. The molecule has 3 aromatic rings. The van der Waals surface area contributed by atoms with Gasteiger partial charge in [0.1, 0.15) is 12.4 Å². The van der Waals surface area contributed by atoms with Gasteiger partial charge in [-0.3, -0.25) is 9.69 Å². The first-order valence-corrected chi connectivity index (χ1v) is 13.8. The number of fused-ring (bicyclic) bond motifs is 3. The van der Waals surface area contributed by atoms with Crippen molar-refractivity contribution in [3.8, 4) is 5.75 Å². The Bertz CT molecular complexity index is 1380. The summed E-state index contributed by atoms with van der Waals surface area (Å²) in [5, 5.41) is 0. The number of aromatic nitrogens is 2. The molecule has 0 radical (unpaired) electrons. The van der Waals surface area contributed by atoms with Gasteiger partial charge in [0.25, 0.3) is 5.91 Å². The largest absolute Gasteiger partial charge is 0.492 e. The Labute approximate surface area is 229 Å². The fraction of sp³-hybridized carbons (Fsp3) is 0.500. The minimum absolute atomic E-state index is 0.215. The maximum absolute atomic E-state index is 13.7. The molecule has 1 N–H and O–H groups in total. The molecule has 0 saturated carbocycles. The van der Waals surface area contributed by atoms with Crippen LogP contribution >= 0.6 is 0 Å². The highest BCUT2D eigenvalue weighted by atomic mass is 16.5. The first-order chi connectivity index (χ1) is 18.6. The average molecular weight is 535 g/mol. The minimum Gasteiger partial charge on any atom is -0.492 e. The normalized spacial score (nSPS) is 17.6. The summed E-state index contributed by atoms with van der Waals surface area (Å²) in [6.07, 6.45) is 5.09. The van der Waals surface area contributed by atoms with Crippen molar-refractivity contribution in [1.29, 1.82) is 0 Å². The van der Waals surface area contributed by atoms with Crippen LogP contribution in [-0.2, 0) is 14.9 Å². The Morgan fingerprint density at radius 3 is 2.54 bits per heavy atom. The summed E-state index contributed by atoms with van der Waals surface area (Å²) in [5.74, 6) is 0.530. The highest BCUT2D eigenvalue weighted by Crippen LogP contribution is 2.41. The SMILES string of the molecule is Cc1nc2[nH]c3c(c2o1)C(C)(C)CN(C(=O)c1ccc(OCCN2CCCCC2)cc1)C=C3C(=O)OC(C)C. The second-order valence-electron chi connectivity index (χ2n) is 11.4. The lowest BCUT2D eigenvalue weighted by atomic mass is 9.83. The highest BCUT2D eigenvalue weighted by molar-refractivity contribution is 6.18. The van der Waals surface area contributed by atoms with Crippen LogP contribution in [0, 0.1) is 6.92 Å². The van der Waals surface area contributed by atoms with Gasteiger partial charge in [0.05, 0.1) is 17.4 Å². The van der Waals surface area contributed by atoms with Gasteiger partial charge >= 0.3 is 5.97 Å². The lowest BCUT2D eigenvalue weighted by molar-refractivity contribution is -0.140. The van der Waals surface area contributed by atoms with Crippen LogP contribution in [0.5, 0.6) is 5.75 Å². The molecule has 0 unspecified atom stereocenters. The van der Waals surface area contributed by atoms with Crippen LogP contribution in [0.2, 0.25) is 0 Å². The number of H-pyrrole nitrogens is 1. The second-order valence-corrected chi connectivity index (χ2v) is 11.4. The third-order valence-corrected chi connectivity index (χ3v) is 7.30. The number of carbonyl (C=O) groups excluding carboxylic acids is 2. The molecule has 2 aliphatic rings. The Morgan fingerprint density at radius 2 is 1.85 bits per heavy atom. The fourth-order valence-electron chi connectivity index (χ4n) is 5.49. The summed E-state index contributed by atoms with van der Waals surface area (Å²) >= 11 is 0. The number of oxazole rings is 1. The van der Waals surface area contributed by atoms with Gasteiger partial charge in [-0.05, 0) is 64.0 Å². The zero-order valence-electron chi connectivity index (χ0n) is 23.5. The number of benzene rings is 1. The molecule has 208 valence electrons. The summed E-state index contributed by atoms with van der Waals surface area (Å²) < 4.78 is 17.4. The van der Waals surface area contributed by atoms with Gasteiger partial charge in [-0.1, -0.05) is 20.3 Å².